The average Bonchev–Trinajstić information content (AvgIpc) is 3.65. The number of carbonyl (C=O) groups is 1. The first-order valence-electron chi connectivity index (χ1n) is 11.9. The normalized spacial score (nSPS) is 17.6. The Labute approximate surface area is 218 Å². The summed E-state index contributed by atoms with van der Waals surface area (Å²) in [7, 11) is -3.67. The van der Waals surface area contributed by atoms with Crippen molar-refractivity contribution >= 4 is 27.5 Å². The number of hydrogen-bond donors (Lipinski definition) is 1. The van der Waals surface area contributed by atoms with Crippen LogP contribution in [0.1, 0.15) is 58.6 Å². The van der Waals surface area contributed by atoms with Crippen molar-refractivity contribution in [1.29, 1.82) is 0 Å². The first-order valence-corrected chi connectivity index (χ1v) is 14.1. The summed E-state index contributed by atoms with van der Waals surface area (Å²) >= 11 is 5.70. The number of benzene rings is 2. The van der Waals surface area contributed by atoms with E-state index < -0.39 is 38.5 Å². The topological polar surface area (TPSA) is 75.7 Å². The van der Waals surface area contributed by atoms with E-state index in [0.717, 1.165) is 43.6 Å². The maximum Gasteiger partial charge on any atom is 0.416 e. The lowest BCUT2D eigenvalue weighted by Crippen LogP contribution is -2.35. The Hall–Kier alpha value is -2.37. The fourth-order valence-electron chi connectivity index (χ4n) is 4.45. The summed E-state index contributed by atoms with van der Waals surface area (Å²) < 4.78 is 84.4. The molecular weight excluding hydrogens is 536 g/mol. The van der Waals surface area contributed by atoms with Gasteiger partial charge in [-0.1, -0.05) is 11.6 Å². The number of piperidine rings is 1. The number of halogens is 5. The largest absolute Gasteiger partial charge is 0.493 e. The molecule has 2 fully saturated rings. The zero-order chi connectivity index (χ0) is 27.0. The van der Waals surface area contributed by atoms with Gasteiger partial charge < -0.3 is 4.74 Å². The fourth-order valence-corrected chi connectivity index (χ4v) is 5.14. The highest BCUT2D eigenvalue weighted by atomic mass is 35.5. The molecule has 0 aromatic heterocycles. The summed E-state index contributed by atoms with van der Waals surface area (Å²) in [6.45, 7) is 1.60. The van der Waals surface area contributed by atoms with E-state index >= 15 is 0 Å². The van der Waals surface area contributed by atoms with E-state index in [1.54, 1.807) is 12.1 Å². The minimum atomic E-state index is -4.61. The van der Waals surface area contributed by atoms with Crippen molar-refractivity contribution in [3.63, 3.8) is 0 Å². The van der Waals surface area contributed by atoms with Gasteiger partial charge in [0, 0.05) is 17.7 Å². The van der Waals surface area contributed by atoms with E-state index in [2.05, 4.69) is 0 Å². The summed E-state index contributed by atoms with van der Waals surface area (Å²) in [5.74, 6) is -0.409. The zero-order valence-corrected chi connectivity index (χ0v) is 21.6. The predicted molar refractivity (Wildman–Crippen MR) is 131 cm³/mol. The molecule has 2 aliphatic rings. The molecule has 0 bridgehead atoms. The number of nitrogens with zero attached hydrogens (tertiary/aromatic N) is 1. The van der Waals surface area contributed by atoms with Crippen molar-refractivity contribution in [2.75, 3.05) is 26.0 Å². The van der Waals surface area contributed by atoms with Crippen molar-refractivity contribution in [2.24, 2.45) is 5.92 Å². The van der Waals surface area contributed by atoms with Gasteiger partial charge in [0.2, 0.25) is 10.0 Å². The third kappa shape index (κ3) is 7.36. The lowest BCUT2D eigenvalue weighted by atomic mass is 9.97. The Morgan fingerprint density at radius 2 is 1.81 bits per heavy atom. The lowest BCUT2D eigenvalue weighted by molar-refractivity contribution is -0.137. The van der Waals surface area contributed by atoms with Crippen LogP contribution in [0.25, 0.3) is 0 Å². The van der Waals surface area contributed by atoms with Gasteiger partial charge in [0.25, 0.3) is 5.91 Å². The Morgan fingerprint density at radius 1 is 1.14 bits per heavy atom. The van der Waals surface area contributed by atoms with Crippen LogP contribution in [0.4, 0.5) is 17.6 Å². The van der Waals surface area contributed by atoms with Crippen molar-refractivity contribution in [3.8, 4) is 5.75 Å². The Balaban J connectivity index is 1.34. The van der Waals surface area contributed by atoms with Gasteiger partial charge in [0.1, 0.15) is 11.6 Å². The van der Waals surface area contributed by atoms with Crippen LogP contribution in [0.2, 0.25) is 5.02 Å². The molecule has 6 nitrogen and oxygen atoms in total. The van der Waals surface area contributed by atoms with Gasteiger partial charge in [0.15, 0.2) is 0 Å². The molecule has 1 aliphatic heterocycles. The summed E-state index contributed by atoms with van der Waals surface area (Å²) in [6.07, 6.45) is -0.319. The third-order valence-electron chi connectivity index (χ3n) is 6.57. The molecule has 37 heavy (non-hydrogen) atoms. The van der Waals surface area contributed by atoms with Crippen LogP contribution in [0, 0.1) is 11.7 Å². The first kappa shape index (κ1) is 27.7. The Kier molecular flexibility index (Phi) is 8.06. The number of amides is 1. The average molecular weight is 563 g/mol. The minimum Gasteiger partial charge on any atom is -0.493 e. The van der Waals surface area contributed by atoms with Gasteiger partial charge in [-0.25, -0.2) is 17.5 Å². The molecule has 4 rings (SSSR count). The van der Waals surface area contributed by atoms with E-state index in [0.29, 0.717) is 31.5 Å². The van der Waals surface area contributed by atoms with Gasteiger partial charge in [-0.05, 0) is 86.5 Å². The quantitative estimate of drug-likeness (QED) is 0.439. The van der Waals surface area contributed by atoms with E-state index in [1.807, 2.05) is 9.62 Å². The second kappa shape index (κ2) is 10.8. The predicted octanol–water partition coefficient (Wildman–Crippen LogP) is 5.36. The number of carbonyl (C=O) groups excluding carboxylic acids is 1. The second-order valence-corrected chi connectivity index (χ2v) is 11.8. The van der Waals surface area contributed by atoms with Gasteiger partial charge in [-0.3, -0.25) is 9.69 Å². The zero-order valence-electron chi connectivity index (χ0n) is 20.1. The van der Waals surface area contributed by atoms with Crippen molar-refractivity contribution in [2.45, 2.75) is 44.3 Å². The molecule has 0 atom stereocenters. The number of hydrogen-bond acceptors (Lipinski definition) is 5. The van der Waals surface area contributed by atoms with Crippen LogP contribution < -0.4 is 9.46 Å². The van der Waals surface area contributed by atoms with Crippen LogP contribution in [-0.4, -0.2) is 45.2 Å². The number of nitrogens with one attached hydrogen (secondary N) is 1. The SMILES string of the molecule is CS(=O)(=O)NC(=O)c1ccc(OCC2CCN(Cc3cc(C(F)(F)F)cc(Cl)c3F)CC2)c(C2CC2)c1. The van der Waals surface area contributed by atoms with E-state index in [9.17, 15) is 30.8 Å². The molecule has 1 heterocycles. The highest BCUT2D eigenvalue weighted by molar-refractivity contribution is 7.89. The monoisotopic (exact) mass is 562 g/mol. The van der Waals surface area contributed by atoms with E-state index in [1.165, 1.54) is 6.07 Å². The lowest BCUT2D eigenvalue weighted by Gasteiger charge is -2.32. The molecule has 0 unspecified atom stereocenters. The Bertz CT molecular complexity index is 1270. The molecule has 1 N–H and O–H groups in total. The summed E-state index contributed by atoms with van der Waals surface area (Å²) in [4.78, 5) is 14.1. The molecule has 2 aromatic carbocycles. The molecule has 1 saturated carbocycles. The molecule has 1 amide bonds. The number of sulfonamides is 1. The number of alkyl halides is 3. The maximum absolute atomic E-state index is 14.4. The summed E-state index contributed by atoms with van der Waals surface area (Å²) in [6, 6.07) is 6.30. The van der Waals surface area contributed by atoms with Crippen LogP contribution in [0.5, 0.6) is 5.75 Å². The number of rotatable bonds is 8. The molecular formula is C25H27ClF4N2O4S. The van der Waals surface area contributed by atoms with Crippen LogP contribution >= 0.6 is 11.6 Å². The number of ether oxygens (including phenoxy) is 1. The van der Waals surface area contributed by atoms with Crippen LogP contribution in [-0.2, 0) is 22.7 Å². The summed E-state index contributed by atoms with van der Waals surface area (Å²) in [5.41, 5.74) is 0.0671. The summed E-state index contributed by atoms with van der Waals surface area (Å²) in [5, 5.41) is -0.542. The van der Waals surface area contributed by atoms with Gasteiger partial charge in [-0.2, -0.15) is 13.2 Å². The van der Waals surface area contributed by atoms with Crippen molar-refractivity contribution < 1.29 is 35.5 Å². The number of likely N-dealkylation sites (tertiary alicyclic amines) is 1. The standard InChI is InChI=1S/C25H27ClF4N2O4S/c1-37(34,35)31-24(33)17-4-5-22(20(11-17)16-2-3-16)36-14-15-6-8-32(9-7-15)13-18-10-19(25(28,29)30)12-21(26)23(18)27/h4-5,10-12,15-16H,2-3,6-9,13-14H2,1H3,(H,31,33). The highest BCUT2D eigenvalue weighted by Gasteiger charge is 2.33. The van der Waals surface area contributed by atoms with E-state index in [4.69, 9.17) is 16.3 Å². The van der Waals surface area contributed by atoms with Crippen molar-refractivity contribution in [3.05, 3.63) is 63.4 Å². The van der Waals surface area contributed by atoms with Gasteiger partial charge in [0.05, 0.1) is 23.4 Å². The van der Waals surface area contributed by atoms with Crippen LogP contribution in [0.3, 0.4) is 0 Å². The molecule has 1 saturated heterocycles. The molecule has 1 aliphatic carbocycles. The molecule has 202 valence electrons. The van der Waals surface area contributed by atoms with Crippen LogP contribution in [0.15, 0.2) is 30.3 Å². The highest BCUT2D eigenvalue weighted by Crippen LogP contribution is 2.45. The van der Waals surface area contributed by atoms with Gasteiger partial charge in [-0.15, -0.1) is 0 Å². The minimum absolute atomic E-state index is 0.0336. The first-order chi connectivity index (χ1) is 17.3. The smallest absolute Gasteiger partial charge is 0.416 e. The van der Waals surface area contributed by atoms with Gasteiger partial charge >= 0.3 is 6.18 Å². The Morgan fingerprint density at radius 3 is 2.41 bits per heavy atom. The molecule has 12 heteroatoms. The second-order valence-electron chi connectivity index (χ2n) is 9.69. The van der Waals surface area contributed by atoms with E-state index in [-0.39, 0.29) is 29.5 Å². The third-order valence-corrected chi connectivity index (χ3v) is 7.40. The maximum atomic E-state index is 14.4. The molecule has 0 spiro atoms. The molecule has 0 radical (unpaired) electrons. The molecule has 2 aromatic rings. The fraction of sp³-hybridized carbons (Fsp3) is 0.480. The van der Waals surface area contributed by atoms with Crippen molar-refractivity contribution in [1.82, 2.24) is 9.62 Å².